The van der Waals surface area contributed by atoms with Crippen molar-refractivity contribution in [3.8, 4) is 0 Å². The van der Waals surface area contributed by atoms with Crippen molar-refractivity contribution in [3.05, 3.63) is 34.9 Å². The molecule has 1 fully saturated rings. The predicted molar refractivity (Wildman–Crippen MR) is 98.7 cm³/mol. The summed E-state index contributed by atoms with van der Waals surface area (Å²) in [6, 6.07) is 4.81. The molecule has 1 heterocycles. The first-order valence-corrected chi connectivity index (χ1v) is 9.39. The van der Waals surface area contributed by atoms with E-state index in [4.69, 9.17) is 0 Å². The molecule has 0 bridgehead atoms. The average molecular weight is 371 g/mol. The number of urea groups is 1. The van der Waals surface area contributed by atoms with E-state index in [9.17, 15) is 19.2 Å². The Kier molecular flexibility index (Phi) is 5.30. The van der Waals surface area contributed by atoms with Gasteiger partial charge in [0.1, 0.15) is 6.54 Å². The van der Waals surface area contributed by atoms with Crippen LogP contribution in [-0.4, -0.2) is 46.1 Å². The van der Waals surface area contributed by atoms with Crippen molar-refractivity contribution >= 4 is 23.8 Å². The van der Waals surface area contributed by atoms with Crippen LogP contribution in [0.5, 0.6) is 0 Å². The largest absolute Gasteiger partial charge is 0.348 e. The summed E-state index contributed by atoms with van der Waals surface area (Å²) in [5.74, 6) is -2.31. The maximum absolute atomic E-state index is 12.4. The molecule has 0 saturated carbocycles. The van der Waals surface area contributed by atoms with Crippen LogP contribution in [0.2, 0.25) is 0 Å². The zero-order chi connectivity index (χ0) is 19.7. The van der Waals surface area contributed by atoms with Crippen molar-refractivity contribution in [2.24, 2.45) is 0 Å². The number of imide groups is 2. The molecule has 1 aromatic rings. The summed E-state index contributed by atoms with van der Waals surface area (Å²) in [7, 11) is 0. The third kappa shape index (κ3) is 3.72. The van der Waals surface area contributed by atoms with E-state index < -0.39 is 36.3 Å². The number of nitrogens with zero attached hydrogens (tertiary/aromatic N) is 2. The zero-order valence-electron chi connectivity index (χ0n) is 15.9. The molecule has 7 nitrogen and oxygen atoms in total. The summed E-state index contributed by atoms with van der Waals surface area (Å²) < 4.78 is 0. The molecule has 1 N–H and O–H groups in total. The average Bonchev–Trinajstić information content (AvgIpc) is 2.84. The van der Waals surface area contributed by atoms with Gasteiger partial charge in [-0.15, -0.1) is 0 Å². The number of carbonyl (C=O) groups excluding carboxylic acids is 4. The molecule has 1 saturated heterocycles. The van der Waals surface area contributed by atoms with E-state index in [0.29, 0.717) is 4.90 Å². The fourth-order valence-corrected chi connectivity index (χ4v) is 3.65. The lowest BCUT2D eigenvalue weighted by atomic mass is 9.89. The Labute approximate surface area is 158 Å². The van der Waals surface area contributed by atoms with E-state index in [1.54, 1.807) is 13.8 Å². The molecular formula is C20H25N3O4. The second-order valence-corrected chi connectivity index (χ2v) is 7.47. The van der Waals surface area contributed by atoms with Crippen molar-refractivity contribution in [2.45, 2.75) is 58.5 Å². The van der Waals surface area contributed by atoms with E-state index in [-0.39, 0.29) is 6.04 Å². The minimum Gasteiger partial charge on any atom is -0.348 e. The maximum atomic E-state index is 12.4. The first-order chi connectivity index (χ1) is 12.8. The maximum Gasteiger partial charge on any atom is 0.334 e. The van der Waals surface area contributed by atoms with Gasteiger partial charge in [-0.05, 0) is 63.1 Å². The van der Waals surface area contributed by atoms with Crippen LogP contribution in [0.4, 0.5) is 4.79 Å². The van der Waals surface area contributed by atoms with Gasteiger partial charge in [-0.3, -0.25) is 19.3 Å². The normalized spacial score (nSPS) is 18.1. The Morgan fingerprint density at radius 3 is 2.33 bits per heavy atom. The summed E-state index contributed by atoms with van der Waals surface area (Å²) >= 11 is 0. The van der Waals surface area contributed by atoms with Crippen molar-refractivity contribution < 1.29 is 19.2 Å². The smallest absolute Gasteiger partial charge is 0.334 e. The van der Waals surface area contributed by atoms with E-state index in [2.05, 4.69) is 17.4 Å². The molecule has 5 amide bonds. The van der Waals surface area contributed by atoms with Crippen molar-refractivity contribution in [1.82, 2.24) is 15.1 Å². The lowest BCUT2D eigenvalue weighted by Crippen LogP contribution is -2.43. The van der Waals surface area contributed by atoms with Crippen molar-refractivity contribution in [3.63, 3.8) is 0 Å². The highest BCUT2D eigenvalue weighted by atomic mass is 16.2. The lowest BCUT2D eigenvalue weighted by molar-refractivity contribution is -0.144. The van der Waals surface area contributed by atoms with Crippen LogP contribution < -0.4 is 5.32 Å². The molecule has 0 unspecified atom stereocenters. The molecule has 0 spiro atoms. The lowest BCUT2D eigenvalue weighted by Gasteiger charge is -2.21. The van der Waals surface area contributed by atoms with E-state index in [0.717, 1.165) is 23.3 Å². The molecule has 1 aliphatic heterocycles. The summed E-state index contributed by atoms with van der Waals surface area (Å²) in [6.45, 7) is 4.69. The van der Waals surface area contributed by atoms with Gasteiger partial charge >= 0.3 is 17.8 Å². The fourth-order valence-electron chi connectivity index (χ4n) is 3.65. The van der Waals surface area contributed by atoms with Crippen molar-refractivity contribution in [2.75, 3.05) is 6.54 Å². The van der Waals surface area contributed by atoms with Gasteiger partial charge in [0.25, 0.3) is 0 Å². The summed E-state index contributed by atoms with van der Waals surface area (Å²) in [6.07, 6.45) is 4.53. The molecule has 1 aliphatic carbocycles. The number of nitrogens with one attached hydrogen (secondary N) is 1. The highest BCUT2D eigenvalue weighted by molar-refractivity contribution is 6.45. The SMILES string of the molecule is CC(C)N1C(=O)C(=O)N(CC(=O)N[C@@H](C)c2ccc3c(c2)CCCC3)C1=O. The van der Waals surface area contributed by atoms with Gasteiger partial charge in [-0.25, -0.2) is 9.69 Å². The highest BCUT2D eigenvalue weighted by Crippen LogP contribution is 2.25. The second kappa shape index (κ2) is 7.50. The number of benzene rings is 1. The third-order valence-corrected chi connectivity index (χ3v) is 5.15. The topological polar surface area (TPSA) is 86.8 Å². The standard InChI is InChI=1S/C20H25N3O4/c1-12(2)23-19(26)18(25)22(20(23)27)11-17(24)21-13(3)15-9-8-14-6-4-5-7-16(14)10-15/h8-10,12-13H,4-7,11H2,1-3H3,(H,21,24)/t13-/m0/s1. The number of carbonyl (C=O) groups is 4. The molecule has 2 aliphatic rings. The minimum atomic E-state index is -0.953. The molecule has 0 radical (unpaired) electrons. The number of hydrogen-bond donors (Lipinski definition) is 1. The van der Waals surface area contributed by atoms with Crippen LogP contribution in [0.15, 0.2) is 18.2 Å². The van der Waals surface area contributed by atoms with Gasteiger partial charge in [-0.1, -0.05) is 18.2 Å². The van der Waals surface area contributed by atoms with E-state index >= 15 is 0 Å². The Morgan fingerprint density at radius 2 is 1.70 bits per heavy atom. The van der Waals surface area contributed by atoms with E-state index in [1.807, 2.05) is 13.0 Å². The second-order valence-electron chi connectivity index (χ2n) is 7.47. The molecule has 144 valence electrons. The first kappa shape index (κ1) is 19.1. The van der Waals surface area contributed by atoms with Gasteiger partial charge in [0, 0.05) is 6.04 Å². The van der Waals surface area contributed by atoms with Crippen molar-refractivity contribution in [1.29, 1.82) is 0 Å². The van der Waals surface area contributed by atoms with Crippen LogP contribution in [0.3, 0.4) is 0 Å². The molecule has 1 atom stereocenters. The van der Waals surface area contributed by atoms with Crippen LogP contribution in [0.25, 0.3) is 0 Å². The summed E-state index contributed by atoms with van der Waals surface area (Å²) in [5.41, 5.74) is 3.68. The first-order valence-electron chi connectivity index (χ1n) is 9.39. The van der Waals surface area contributed by atoms with Crippen LogP contribution in [0, 0.1) is 0 Å². The molecule has 27 heavy (non-hydrogen) atoms. The zero-order valence-corrected chi connectivity index (χ0v) is 15.9. The number of fused-ring (bicyclic) bond motifs is 1. The van der Waals surface area contributed by atoms with Crippen LogP contribution >= 0.6 is 0 Å². The fraction of sp³-hybridized carbons (Fsp3) is 0.500. The Balaban J connectivity index is 1.64. The van der Waals surface area contributed by atoms with Gasteiger partial charge in [0.15, 0.2) is 0 Å². The van der Waals surface area contributed by atoms with Gasteiger partial charge in [-0.2, -0.15) is 0 Å². The predicted octanol–water partition coefficient (Wildman–Crippen LogP) is 1.94. The number of rotatable bonds is 5. The molecule has 0 aromatic heterocycles. The van der Waals surface area contributed by atoms with Gasteiger partial charge < -0.3 is 5.32 Å². The highest BCUT2D eigenvalue weighted by Gasteiger charge is 2.46. The molecular weight excluding hydrogens is 346 g/mol. The minimum absolute atomic E-state index is 0.255. The number of aryl methyl sites for hydroxylation is 2. The third-order valence-electron chi connectivity index (χ3n) is 5.15. The molecule has 7 heteroatoms. The molecule has 1 aromatic carbocycles. The summed E-state index contributed by atoms with van der Waals surface area (Å²) in [5, 5.41) is 2.82. The number of hydrogen-bond acceptors (Lipinski definition) is 4. The quantitative estimate of drug-likeness (QED) is 0.633. The van der Waals surface area contributed by atoms with Crippen LogP contribution in [-0.2, 0) is 27.2 Å². The Morgan fingerprint density at radius 1 is 1.04 bits per heavy atom. The molecule has 3 rings (SSSR count). The van der Waals surface area contributed by atoms with Gasteiger partial charge in [0.2, 0.25) is 5.91 Å². The summed E-state index contributed by atoms with van der Waals surface area (Å²) in [4.78, 5) is 50.1. The van der Waals surface area contributed by atoms with Gasteiger partial charge in [0.05, 0.1) is 6.04 Å². The van der Waals surface area contributed by atoms with Crippen LogP contribution in [0.1, 0.15) is 56.3 Å². The Bertz CT molecular complexity index is 802. The Hall–Kier alpha value is -2.70. The number of amides is 5. The van der Waals surface area contributed by atoms with E-state index in [1.165, 1.54) is 24.0 Å². The monoisotopic (exact) mass is 371 g/mol.